The van der Waals surface area contributed by atoms with Gasteiger partial charge in [0.05, 0.1) is 0 Å². The third kappa shape index (κ3) is 5.87. The Balaban J connectivity index is 0. The Labute approximate surface area is 63.6 Å². The number of rotatable bonds is 4. The summed E-state index contributed by atoms with van der Waals surface area (Å²) in [5.74, 6) is -0.447. The number of carbonyl (C=O) groups is 1. The molecule has 5 heteroatoms. The standard InChI is InChI=1S/C5H10O3S.H2O/c1-9-3-2-4(6)5(7)8;/h4,6H,2-3H2,1H3,(H,7,8);1H2. The minimum Gasteiger partial charge on any atom is -0.479 e. The van der Waals surface area contributed by atoms with Crippen LogP contribution in [0, 0.1) is 0 Å². The van der Waals surface area contributed by atoms with Crippen molar-refractivity contribution in [3.8, 4) is 0 Å². The quantitative estimate of drug-likeness (QED) is 0.584. The van der Waals surface area contributed by atoms with E-state index in [1.54, 1.807) is 0 Å². The summed E-state index contributed by atoms with van der Waals surface area (Å²) >= 11 is 1.52. The van der Waals surface area contributed by atoms with Crippen molar-refractivity contribution < 1.29 is 20.5 Å². The Morgan fingerprint density at radius 1 is 1.70 bits per heavy atom. The maximum absolute atomic E-state index is 9.95. The lowest BCUT2D eigenvalue weighted by molar-refractivity contribution is -0.146. The van der Waals surface area contributed by atoms with Gasteiger partial charge in [0.15, 0.2) is 6.10 Å². The summed E-state index contributed by atoms with van der Waals surface area (Å²) in [6.45, 7) is 0. The molecule has 0 aromatic heterocycles. The van der Waals surface area contributed by atoms with Crippen LogP contribution in [0.3, 0.4) is 0 Å². The summed E-state index contributed by atoms with van der Waals surface area (Å²) in [5, 5.41) is 16.8. The highest BCUT2D eigenvalue weighted by molar-refractivity contribution is 7.98. The van der Waals surface area contributed by atoms with Gasteiger partial charge in [-0.2, -0.15) is 11.8 Å². The van der Waals surface area contributed by atoms with Crippen LogP contribution in [0.15, 0.2) is 0 Å². The van der Waals surface area contributed by atoms with Crippen LogP contribution in [-0.4, -0.2) is 39.8 Å². The first-order valence-electron chi connectivity index (χ1n) is 2.58. The molecule has 4 N–H and O–H groups in total. The molecule has 0 saturated carbocycles. The summed E-state index contributed by atoms with van der Waals surface area (Å²) in [7, 11) is 0. The second-order valence-electron chi connectivity index (χ2n) is 1.64. The van der Waals surface area contributed by atoms with Crippen molar-refractivity contribution in [1.82, 2.24) is 0 Å². The topological polar surface area (TPSA) is 89.0 Å². The lowest BCUT2D eigenvalue weighted by Gasteiger charge is -2.01. The van der Waals surface area contributed by atoms with Crippen molar-refractivity contribution >= 4 is 17.7 Å². The number of thioether (sulfide) groups is 1. The molecule has 62 valence electrons. The van der Waals surface area contributed by atoms with Crippen LogP contribution in [0.25, 0.3) is 0 Å². The van der Waals surface area contributed by atoms with Gasteiger partial charge in [-0.05, 0) is 18.4 Å². The molecule has 0 fully saturated rings. The molecular weight excluding hydrogens is 156 g/mol. The maximum Gasteiger partial charge on any atom is 0.332 e. The van der Waals surface area contributed by atoms with Gasteiger partial charge in [0.2, 0.25) is 0 Å². The smallest absolute Gasteiger partial charge is 0.332 e. The second-order valence-corrected chi connectivity index (χ2v) is 2.62. The lowest BCUT2D eigenvalue weighted by atomic mass is 10.3. The summed E-state index contributed by atoms with van der Waals surface area (Å²) in [6.07, 6.45) is 1.02. The van der Waals surface area contributed by atoms with Gasteiger partial charge < -0.3 is 15.7 Å². The molecule has 0 radical (unpaired) electrons. The van der Waals surface area contributed by atoms with Gasteiger partial charge in [-0.25, -0.2) is 4.79 Å². The first kappa shape index (κ1) is 12.4. The molecule has 0 spiro atoms. The van der Waals surface area contributed by atoms with E-state index in [0.29, 0.717) is 12.2 Å². The van der Waals surface area contributed by atoms with E-state index >= 15 is 0 Å². The van der Waals surface area contributed by atoms with E-state index in [9.17, 15) is 4.79 Å². The number of aliphatic hydroxyl groups is 1. The predicted molar refractivity (Wildman–Crippen MR) is 40.3 cm³/mol. The van der Waals surface area contributed by atoms with Crippen molar-refractivity contribution in [2.24, 2.45) is 0 Å². The van der Waals surface area contributed by atoms with Crippen LogP contribution in [0.5, 0.6) is 0 Å². The molecule has 1 unspecified atom stereocenters. The highest BCUT2D eigenvalue weighted by Gasteiger charge is 2.10. The van der Waals surface area contributed by atoms with Gasteiger partial charge in [0.25, 0.3) is 0 Å². The Hall–Kier alpha value is -0.260. The zero-order chi connectivity index (χ0) is 7.28. The molecule has 0 heterocycles. The zero-order valence-corrected chi connectivity index (χ0v) is 6.52. The molecule has 0 rings (SSSR count). The normalized spacial score (nSPS) is 11.8. The summed E-state index contributed by atoms with van der Waals surface area (Å²) < 4.78 is 0. The molecule has 4 nitrogen and oxygen atoms in total. The molecule has 0 aromatic rings. The first-order valence-corrected chi connectivity index (χ1v) is 3.97. The van der Waals surface area contributed by atoms with E-state index in [4.69, 9.17) is 10.2 Å². The maximum atomic E-state index is 9.95. The number of hydrogen-bond donors (Lipinski definition) is 2. The fourth-order valence-electron chi connectivity index (χ4n) is 0.353. The van der Waals surface area contributed by atoms with Crippen LogP contribution in [0.1, 0.15) is 6.42 Å². The van der Waals surface area contributed by atoms with E-state index in [1.165, 1.54) is 11.8 Å². The van der Waals surface area contributed by atoms with E-state index in [-0.39, 0.29) is 5.48 Å². The Bertz CT molecular complexity index is 95.6. The van der Waals surface area contributed by atoms with Gasteiger partial charge in [-0.1, -0.05) is 0 Å². The molecule has 0 aliphatic heterocycles. The summed E-state index contributed by atoms with van der Waals surface area (Å²) in [6, 6.07) is 0. The van der Waals surface area contributed by atoms with Crippen LogP contribution in [0.4, 0.5) is 0 Å². The molecule has 0 aliphatic carbocycles. The monoisotopic (exact) mass is 168 g/mol. The van der Waals surface area contributed by atoms with Crippen LogP contribution >= 0.6 is 11.8 Å². The lowest BCUT2D eigenvalue weighted by Crippen LogP contribution is -2.19. The molecule has 0 saturated heterocycles. The summed E-state index contributed by atoms with van der Waals surface area (Å²) in [5.41, 5.74) is 0. The van der Waals surface area contributed by atoms with Crippen LogP contribution in [0.2, 0.25) is 0 Å². The second kappa shape index (κ2) is 6.85. The minimum atomic E-state index is -1.18. The Morgan fingerprint density at radius 2 is 2.20 bits per heavy atom. The van der Waals surface area contributed by atoms with Gasteiger partial charge in [-0.15, -0.1) is 0 Å². The fourth-order valence-corrected chi connectivity index (χ4v) is 0.812. The molecule has 0 bridgehead atoms. The van der Waals surface area contributed by atoms with Gasteiger partial charge in [0, 0.05) is 0 Å². The first-order chi connectivity index (χ1) is 4.18. The van der Waals surface area contributed by atoms with Gasteiger partial charge in [-0.3, -0.25) is 0 Å². The molecule has 10 heavy (non-hydrogen) atoms. The number of aliphatic carboxylic acids is 1. The largest absolute Gasteiger partial charge is 0.479 e. The Morgan fingerprint density at radius 3 is 2.50 bits per heavy atom. The summed E-state index contributed by atoms with van der Waals surface area (Å²) in [4.78, 5) is 9.95. The fraction of sp³-hybridized carbons (Fsp3) is 0.800. The Kier molecular flexibility index (Phi) is 8.51. The van der Waals surface area contributed by atoms with Crippen molar-refractivity contribution in [2.45, 2.75) is 12.5 Å². The van der Waals surface area contributed by atoms with Crippen molar-refractivity contribution in [3.05, 3.63) is 0 Å². The predicted octanol–water partition coefficient (Wildman–Crippen LogP) is -0.640. The molecule has 0 aromatic carbocycles. The van der Waals surface area contributed by atoms with Gasteiger partial charge >= 0.3 is 5.97 Å². The van der Waals surface area contributed by atoms with E-state index in [2.05, 4.69) is 0 Å². The van der Waals surface area contributed by atoms with Gasteiger partial charge in [0.1, 0.15) is 0 Å². The third-order valence-corrected chi connectivity index (χ3v) is 1.52. The average molecular weight is 168 g/mol. The van der Waals surface area contributed by atoms with E-state index in [0.717, 1.165) is 0 Å². The number of hydrogen-bond acceptors (Lipinski definition) is 3. The van der Waals surface area contributed by atoms with Crippen molar-refractivity contribution in [1.29, 1.82) is 0 Å². The number of carboxylic acid groups (broad SMARTS) is 1. The molecule has 0 amide bonds. The minimum absolute atomic E-state index is 0. The number of aliphatic hydroxyl groups excluding tert-OH is 1. The average Bonchev–Trinajstić information content (AvgIpc) is 1.82. The van der Waals surface area contributed by atoms with Crippen molar-refractivity contribution in [2.75, 3.05) is 12.0 Å². The molecule has 0 aliphatic rings. The highest BCUT2D eigenvalue weighted by Crippen LogP contribution is 1.99. The van der Waals surface area contributed by atoms with Crippen LogP contribution in [-0.2, 0) is 4.79 Å². The number of carboxylic acids is 1. The van der Waals surface area contributed by atoms with E-state index in [1.807, 2.05) is 6.26 Å². The molecular formula is C5H12O4S. The van der Waals surface area contributed by atoms with E-state index < -0.39 is 12.1 Å². The zero-order valence-electron chi connectivity index (χ0n) is 5.70. The highest BCUT2D eigenvalue weighted by atomic mass is 32.2. The SMILES string of the molecule is CSCCC(O)C(=O)O.O. The van der Waals surface area contributed by atoms with Crippen LogP contribution < -0.4 is 0 Å². The van der Waals surface area contributed by atoms with Crippen molar-refractivity contribution in [3.63, 3.8) is 0 Å². The third-order valence-electron chi connectivity index (χ3n) is 0.880. The molecule has 1 atom stereocenters.